The molecule has 0 spiro atoms. The molecule has 12 heavy (non-hydrogen) atoms. The van der Waals surface area contributed by atoms with Crippen LogP contribution in [-0.4, -0.2) is 10.2 Å². The normalized spacial score (nSPS) is 10.2. The summed E-state index contributed by atoms with van der Waals surface area (Å²) in [5.41, 5.74) is 7.64. The van der Waals surface area contributed by atoms with E-state index in [1.807, 2.05) is 6.07 Å². The van der Waals surface area contributed by atoms with Gasteiger partial charge in [-0.25, -0.2) is 0 Å². The van der Waals surface area contributed by atoms with Crippen molar-refractivity contribution in [3.8, 4) is 5.75 Å². The summed E-state index contributed by atoms with van der Waals surface area (Å²) in [6.07, 6.45) is 0. The average Bonchev–Trinajstić information content (AvgIpc) is 2.09. The summed E-state index contributed by atoms with van der Waals surface area (Å²) in [6.45, 7) is 2.06. The van der Waals surface area contributed by atoms with Crippen molar-refractivity contribution in [1.82, 2.24) is 0 Å². The zero-order valence-corrected chi connectivity index (χ0v) is 7.04. The fourth-order valence-electron chi connectivity index (χ4n) is 1.17. The van der Waals surface area contributed by atoms with Crippen molar-refractivity contribution >= 4 is 0 Å². The molecule has 4 N–H and O–H groups in total. The van der Waals surface area contributed by atoms with E-state index in [1.165, 1.54) is 0 Å². The van der Waals surface area contributed by atoms with Crippen molar-refractivity contribution in [3.63, 3.8) is 0 Å². The summed E-state index contributed by atoms with van der Waals surface area (Å²) in [4.78, 5) is 0. The fraction of sp³-hybridized carbons (Fsp3) is 0.333. The van der Waals surface area contributed by atoms with E-state index in [9.17, 15) is 5.11 Å². The van der Waals surface area contributed by atoms with E-state index in [0.717, 1.165) is 11.1 Å². The molecule has 0 amide bonds. The number of hydrogen-bond acceptors (Lipinski definition) is 3. The fourth-order valence-corrected chi connectivity index (χ4v) is 1.17. The highest BCUT2D eigenvalue weighted by molar-refractivity contribution is 5.42. The molecular formula is C9H13NO2. The molecule has 0 radical (unpaired) electrons. The Bertz CT molecular complexity index is 284. The smallest absolute Gasteiger partial charge is 0.124 e. The number of rotatable bonds is 2. The lowest BCUT2D eigenvalue weighted by molar-refractivity contribution is 0.275. The second-order valence-corrected chi connectivity index (χ2v) is 2.78. The van der Waals surface area contributed by atoms with E-state index < -0.39 is 0 Å². The van der Waals surface area contributed by atoms with E-state index in [0.29, 0.717) is 12.1 Å². The Morgan fingerprint density at radius 1 is 1.42 bits per heavy atom. The molecule has 0 aromatic heterocycles. The molecule has 1 rings (SSSR count). The van der Waals surface area contributed by atoms with Crippen LogP contribution >= 0.6 is 0 Å². The Labute approximate surface area is 71.5 Å². The summed E-state index contributed by atoms with van der Waals surface area (Å²) >= 11 is 0. The van der Waals surface area contributed by atoms with Crippen LogP contribution in [0.5, 0.6) is 5.75 Å². The maximum absolute atomic E-state index is 9.42. The topological polar surface area (TPSA) is 66.5 Å². The van der Waals surface area contributed by atoms with Crippen LogP contribution in [0.15, 0.2) is 12.1 Å². The lowest BCUT2D eigenvalue weighted by Gasteiger charge is -2.07. The van der Waals surface area contributed by atoms with Gasteiger partial charge in [0.25, 0.3) is 0 Å². The van der Waals surface area contributed by atoms with Gasteiger partial charge >= 0.3 is 0 Å². The molecule has 1 aromatic carbocycles. The number of hydrogen-bond donors (Lipinski definition) is 3. The molecule has 0 saturated carbocycles. The minimum absolute atomic E-state index is 0.152. The van der Waals surface area contributed by atoms with Gasteiger partial charge in [-0.3, -0.25) is 0 Å². The molecule has 3 heteroatoms. The number of aliphatic hydroxyl groups is 1. The molecule has 1 aromatic rings. The Morgan fingerprint density at radius 3 is 2.58 bits per heavy atom. The van der Waals surface area contributed by atoms with Gasteiger partial charge in [-0.05, 0) is 24.1 Å². The first-order valence-corrected chi connectivity index (χ1v) is 3.81. The molecular weight excluding hydrogens is 154 g/mol. The standard InChI is InChI=1S/C9H13NO2/c1-6-2-7(4-10)3-8(5-11)9(6)12/h2-3,11-12H,4-5,10H2,1H3. The number of aryl methyl sites for hydroxylation is 1. The summed E-state index contributed by atoms with van der Waals surface area (Å²) in [7, 11) is 0. The van der Waals surface area contributed by atoms with Gasteiger partial charge in [-0.2, -0.15) is 0 Å². The Kier molecular flexibility index (Phi) is 2.68. The summed E-state index contributed by atoms with van der Waals surface area (Å²) in [5.74, 6) is 0.162. The molecule has 0 unspecified atom stereocenters. The highest BCUT2D eigenvalue weighted by Crippen LogP contribution is 2.23. The number of benzene rings is 1. The average molecular weight is 167 g/mol. The van der Waals surface area contributed by atoms with Gasteiger partial charge in [0.1, 0.15) is 5.75 Å². The van der Waals surface area contributed by atoms with Crippen LogP contribution in [0.4, 0.5) is 0 Å². The van der Waals surface area contributed by atoms with Gasteiger partial charge in [-0.15, -0.1) is 0 Å². The molecule has 0 aliphatic rings. The van der Waals surface area contributed by atoms with Gasteiger partial charge in [0.05, 0.1) is 6.61 Å². The van der Waals surface area contributed by atoms with Gasteiger partial charge in [0.2, 0.25) is 0 Å². The molecule has 0 bridgehead atoms. The number of phenols is 1. The Balaban J connectivity index is 3.19. The molecule has 0 fully saturated rings. The lowest BCUT2D eigenvalue weighted by atomic mass is 10.1. The molecule has 0 atom stereocenters. The minimum Gasteiger partial charge on any atom is -0.507 e. The van der Waals surface area contributed by atoms with E-state index in [-0.39, 0.29) is 12.4 Å². The maximum atomic E-state index is 9.42. The van der Waals surface area contributed by atoms with E-state index in [2.05, 4.69) is 0 Å². The third kappa shape index (κ3) is 1.57. The monoisotopic (exact) mass is 167 g/mol. The molecule has 0 heterocycles. The first-order valence-electron chi connectivity index (χ1n) is 3.81. The van der Waals surface area contributed by atoms with Crippen molar-refractivity contribution < 1.29 is 10.2 Å². The van der Waals surface area contributed by atoms with Gasteiger partial charge < -0.3 is 15.9 Å². The number of nitrogens with two attached hydrogens (primary N) is 1. The quantitative estimate of drug-likeness (QED) is 0.606. The van der Waals surface area contributed by atoms with Crippen LogP contribution in [0.1, 0.15) is 16.7 Å². The SMILES string of the molecule is Cc1cc(CN)cc(CO)c1O. The number of aromatic hydroxyl groups is 1. The van der Waals surface area contributed by atoms with Crippen LogP contribution in [0.3, 0.4) is 0 Å². The molecule has 0 aliphatic carbocycles. The predicted molar refractivity (Wildman–Crippen MR) is 46.7 cm³/mol. The van der Waals surface area contributed by atoms with Crippen molar-refractivity contribution in [2.24, 2.45) is 5.73 Å². The van der Waals surface area contributed by atoms with Gasteiger partial charge in [-0.1, -0.05) is 6.07 Å². The van der Waals surface area contributed by atoms with E-state index in [4.69, 9.17) is 10.8 Å². The highest BCUT2D eigenvalue weighted by atomic mass is 16.3. The van der Waals surface area contributed by atoms with Crippen LogP contribution in [-0.2, 0) is 13.2 Å². The van der Waals surface area contributed by atoms with Crippen molar-refractivity contribution in [1.29, 1.82) is 0 Å². The first kappa shape index (κ1) is 9.03. The Hall–Kier alpha value is -1.06. The van der Waals surface area contributed by atoms with Crippen molar-refractivity contribution in [3.05, 3.63) is 28.8 Å². The second kappa shape index (κ2) is 3.56. The summed E-state index contributed by atoms with van der Waals surface area (Å²) < 4.78 is 0. The zero-order valence-electron chi connectivity index (χ0n) is 7.04. The molecule has 3 nitrogen and oxygen atoms in total. The van der Waals surface area contributed by atoms with E-state index >= 15 is 0 Å². The lowest BCUT2D eigenvalue weighted by Crippen LogP contribution is -1.99. The van der Waals surface area contributed by atoms with Crippen LogP contribution in [0.2, 0.25) is 0 Å². The molecule has 0 aliphatic heterocycles. The number of aliphatic hydroxyl groups excluding tert-OH is 1. The van der Waals surface area contributed by atoms with Crippen LogP contribution in [0, 0.1) is 6.92 Å². The first-order chi connectivity index (χ1) is 5.69. The summed E-state index contributed by atoms with van der Waals surface area (Å²) in [6, 6.07) is 3.52. The van der Waals surface area contributed by atoms with Gasteiger partial charge in [0.15, 0.2) is 0 Å². The predicted octanol–water partition coefficient (Wildman–Crippen LogP) is 0.652. The maximum Gasteiger partial charge on any atom is 0.124 e. The highest BCUT2D eigenvalue weighted by Gasteiger charge is 2.04. The van der Waals surface area contributed by atoms with Gasteiger partial charge in [0, 0.05) is 12.1 Å². The zero-order chi connectivity index (χ0) is 9.14. The Morgan fingerprint density at radius 2 is 2.08 bits per heavy atom. The van der Waals surface area contributed by atoms with Crippen molar-refractivity contribution in [2.75, 3.05) is 0 Å². The van der Waals surface area contributed by atoms with E-state index in [1.54, 1.807) is 13.0 Å². The second-order valence-electron chi connectivity index (χ2n) is 2.78. The summed E-state index contributed by atoms with van der Waals surface area (Å²) in [5, 5.41) is 18.3. The third-order valence-electron chi connectivity index (χ3n) is 1.85. The minimum atomic E-state index is -0.152. The van der Waals surface area contributed by atoms with Crippen LogP contribution < -0.4 is 5.73 Å². The van der Waals surface area contributed by atoms with Crippen molar-refractivity contribution in [2.45, 2.75) is 20.1 Å². The largest absolute Gasteiger partial charge is 0.507 e. The third-order valence-corrected chi connectivity index (χ3v) is 1.85. The molecule has 0 saturated heterocycles. The molecule has 66 valence electrons. The van der Waals surface area contributed by atoms with Crippen LogP contribution in [0.25, 0.3) is 0 Å².